The molecule has 2 aromatic rings. The van der Waals surface area contributed by atoms with Gasteiger partial charge in [0, 0.05) is 15.6 Å². The molecule has 128 valence electrons. The van der Waals surface area contributed by atoms with Crippen molar-refractivity contribution in [2.24, 2.45) is 0 Å². The molecule has 0 spiro atoms. The van der Waals surface area contributed by atoms with Gasteiger partial charge in [-0.3, -0.25) is 0 Å². The van der Waals surface area contributed by atoms with E-state index in [-0.39, 0.29) is 12.2 Å². The number of hydrogen-bond acceptors (Lipinski definition) is 4. The molecule has 0 aliphatic carbocycles. The molecule has 2 aromatic carbocycles. The highest BCUT2D eigenvalue weighted by Gasteiger charge is 2.10. The van der Waals surface area contributed by atoms with E-state index in [4.69, 9.17) is 43.0 Å². The highest BCUT2D eigenvalue weighted by atomic mass is 35.5. The van der Waals surface area contributed by atoms with Crippen LogP contribution in [-0.4, -0.2) is 18.2 Å². The largest absolute Gasteiger partial charge is 0.493 e. The van der Waals surface area contributed by atoms with Gasteiger partial charge >= 0.3 is 5.97 Å². The molecule has 0 amide bonds. The summed E-state index contributed by atoms with van der Waals surface area (Å²) in [7, 11) is 1.47. The Bertz CT molecular complexity index is 872. The standard InChI is InChI=1S/C18H13Cl2NO4/c1-24-17-7-11(6-13(9-21)18(22)23)2-5-16(17)25-10-12-3-4-14(19)8-15(12)20/h2-8H,10H2,1H3,(H,22,23)/b13-6+. The van der Waals surface area contributed by atoms with Crippen LogP contribution in [-0.2, 0) is 11.4 Å². The molecule has 0 heterocycles. The summed E-state index contributed by atoms with van der Waals surface area (Å²) >= 11 is 12.0. The van der Waals surface area contributed by atoms with Gasteiger partial charge in [0.25, 0.3) is 0 Å². The quantitative estimate of drug-likeness (QED) is 0.588. The van der Waals surface area contributed by atoms with E-state index in [0.29, 0.717) is 27.1 Å². The van der Waals surface area contributed by atoms with Crippen LogP contribution in [0.1, 0.15) is 11.1 Å². The van der Waals surface area contributed by atoms with Gasteiger partial charge in [-0.1, -0.05) is 35.3 Å². The van der Waals surface area contributed by atoms with E-state index in [0.717, 1.165) is 5.56 Å². The zero-order valence-electron chi connectivity index (χ0n) is 13.1. The third kappa shape index (κ3) is 4.90. The zero-order chi connectivity index (χ0) is 18.4. The van der Waals surface area contributed by atoms with Gasteiger partial charge in [0.2, 0.25) is 0 Å². The van der Waals surface area contributed by atoms with E-state index < -0.39 is 5.97 Å². The lowest BCUT2D eigenvalue weighted by Gasteiger charge is -2.12. The molecule has 0 bridgehead atoms. The number of carbonyl (C=O) groups is 1. The maximum Gasteiger partial charge on any atom is 0.346 e. The predicted molar refractivity (Wildman–Crippen MR) is 95.0 cm³/mol. The first-order valence-electron chi connectivity index (χ1n) is 7.04. The van der Waals surface area contributed by atoms with E-state index in [1.54, 1.807) is 42.5 Å². The summed E-state index contributed by atoms with van der Waals surface area (Å²) in [5.74, 6) is -0.430. The second-order valence-electron chi connectivity index (χ2n) is 4.91. The molecule has 0 radical (unpaired) electrons. The van der Waals surface area contributed by atoms with Crippen molar-refractivity contribution < 1.29 is 19.4 Å². The molecule has 0 saturated carbocycles. The van der Waals surface area contributed by atoms with Crippen molar-refractivity contribution in [2.45, 2.75) is 6.61 Å². The average molecular weight is 378 g/mol. The minimum Gasteiger partial charge on any atom is -0.493 e. The number of benzene rings is 2. The molecule has 0 aliphatic rings. The molecule has 0 unspecified atom stereocenters. The van der Waals surface area contributed by atoms with Crippen molar-refractivity contribution in [1.82, 2.24) is 0 Å². The van der Waals surface area contributed by atoms with Crippen molar-refractivity contribution in [3.8, 4) is 17.6 Å². The van der Waals surface area contributed by atoms with E-state index >= 15 is 0 Å². The number of nitrogens with zero attached hydrogens (tertiary/aromatic N) is 1. The Kier molecular flexibility index (Phi) is 6.29. The first-order valence-corrected chi connectivity index (χ1v) is 7.80. The van der Waals surface area contributed by atoms with E-state index in [1.807, 2.05) is 0 Å². The third-order valence-corrected chi connectivity index (χ3v) is 3.83. The van der Waals surface area contributed by atoms with Gasteiger partial charge < -0.3 is 14.6 Å². The summed E-state index contributed by atoms with van der Waals surface area (Å²) in [5.41, 5.74) is 0.895. The molecule has 2 rings (SSSR count). The summed E-state index contributed by atoms with van der Waals surface area (Å²) in [6.45, 7) is 0.208. The number of hydrogen-bond donors (Lipinski definition) is 1. The molecule has 5 nitrogen and oxygen atoms in total. The number of methoxy groups -OCH3 is 1. The Morgan fingerprint density at radius 1 is 1.24 bits per heavy atom. The van der Waals surface area contributed by atoms with Gasteiger partial charge in [0.05, 0.1) is 7.11 Å². The Labute approximate surface area is 154 Å². The smallest absolute Gasteiger partial charge is 0.346 e. The molecule has 0 fully saturated rings. The van der Waals surface area contributed by atoms with Gasteiger partial charge in [-0.05, 0) is 35.9 Å². The minimum atomic E-state index is -1.29. The third-order valence-electron chi connectivity index (χ3n) is 3.25. The average Bonchev–Trinajstić information content (AvgIpc) is 2.59. The van der Waals surface area contributed by atoms with Crippen LogP contribution in [0.5, 0.6) is 11.5 Å². The number of rotatable bonds is 6. The van der Waals surface area contributed by atoms with Crippen LogP contribution in [0.15, 0.2) is 42.0 Å². The monoisotopic (exact) mass is 377 g/mol. The topological polar surface area (TPSA) is 79.5 Å². The summed E-state index contributed by atoms with van der Waals surface area (Å²) in [6.07, 6.45) is 1.25. The summed E-state index contributed by atoms with van der Waals surface area (Å²) < 4.78 is 11.0. The lowest BCUT2D eigenvalue weighted by atomic mass is 10.1. The summed E-state index contributed by atoms with van der Waals surface area (Å²) in [5, 5.41) is 18.7. The Balaban J connectivity index is 2.22. The van der Waals surface area contributed by atoms with Crippen LogP contribution < -0.4 is 9.47 Å². The Hall–Kier alpha value is -2.68. The molecule has 0 saturated heterocycles. The SMILES string of the molecule is COc1cc(/C=C(\C#N)C(=O)O)ccc1OCc1ccc(Cl)cc1Cl. The number of nitriles is 1. The highest BCUT2D eigenvalue weighted by molar-refractivity contribution is 6.35. The van der Waals surface area contributed by atoms with Crippen LogP contribution in [0.2, 0.25) is 10.0 Å². The van der Waals surface area contributed by atoms with Crippen molar-refractivity contribution in [2.75, 3.05) is 7.11 Å². The molecule has 0 aromatic heterocycles. The first-order chi connectivity index (χ1) is 11.9. The number of halogens is 2. The maximum absolute atomic E-state index is 10.9. The van der Waals surface area contributed by atoms with Crippen LogP contribution >= 0.6 is 23.2 Å². The van der Waals surface area contributed by atoms with Crippen LogP contribution in [0, 0.1) is 11.3 Å². The van der Waals surface area contributed by atoms with Crippen molar-refractivity contribution >= 4 is 35.2 Å². The Morgan fingerprint density at radius 2 is 2.00 bits per heavy atom. The summed E-state index contributed by atoms with van der Waals surface area (Å²) in [4.78, 5) is 10.9. The van der Waals surface area contributed by atoms with Crippen LogP contribution in [0.4, 0.5) is 0 Å². The highest BCUT2D eigenvalue weighted by Crippen LogP contribution is 2.30. The van der Waals surface area contributed by atoms with Gasteiger partial charge in [0.15, 0.2) is 11.5 Å². The zero-order valence-corrected chi connectivity index (χ0v) is 14.6. The second kappa shape index (κ2) is 8.43. The second-order valence-corrected chi connectivity index (χ2v) is 5.75. The summed E-state index contributed by atoms with van der Waals surface area (Å²) in [6, 6.07) is 11.6. The lowest BCUT2D eigenvalue weighted by molar-refractivity contribution is -0.132. The lowest BCUT2D eigenvalue weighted by Crippen LogP contribution is -1.99. The van der Waals surface area contributed by atoms with Crippen molar-refractivity contribution in [1.29, 1.82) is 5.26 Å². The Morgan fingerprint density at radius 3 is 2.60 bits per heavy atom. The molecule has 0 aliphatic heterocycles. The van der Waals surface area contributed by atoms with Crippen molar-refractivity contribution in [3.05, 3.63) is 63.1 Å². The van der Waals surface area contributed by atoms with E-state index in [1.165, 1.54) is 13.2 Å². The van der Waals surface area contributed by atoms with Crippen LogP contribution in [0.25, 0.3) is 6.08 Å². The first kappa shape index (κ1) is 18.7. The molecular weight excluding hydrogens is 365 g/mol. The molecule has 25 heavy (non-hydrogen) atoms. The number of carboxylic acid groups (broad SMARTS) is 1. The van der Waals surface area contributed by atoms with E-state index in [2.05, 4.69) is 0 Å². The van der Waals surface area contributed by atoms with E-state index in [9.17, 15) is 4.79 Å². The molecule has 1 N–H and O–H groups in total. The molecule has 0 atom stereocenters. The maximum atomic E-state index is 10.9. The van der Waals surface area contributed by atoms with Crippen molar-refractivity contribution in [3.63, 3.8) is 0 Å². The fourth-order valence-electron chi connectivity index (χ4n) is 2.00. The van der Waals surface area contributed by atoms with Crippen LogP contribution in [0.3, 0.4) is 0 Å². The number of aliphatic carboxylic acids is 1. The predicted octanol–water partition coefficient (Wildman–Crippen LogP) is 4.57. The fraction of sp³-hybridized carbons (Fsp3) is 0.111. The van der Waals surface area contributed by atoms with Gasteiger partial charge in [0.1, 0.15) is 18.2 Å². The van der Waals surface area contributed by atoms with Gasteiger partial charge in [-0.2, -0.15) is 5.26 Å². The number of carboxylic acids is 1. The van der Waals surface area contributed by atoms with Gasteiger partial charge in [-0.25, -0.2) is 4.79 Å². The molecule has 7 heteroatoms. The minimum absolute atomic E-state index is 0.208. The van der Waals surface area contributed by atoms with Gasteiger partial charge in [-0.15, -0.1) is 0 Å². The number of ether oxygens (including phenoxy) is 2. The fourth-order valence-corrected chi connectivity index (χ4v) is 2.46. The normalized spacial score (nSPS) is 10.9. The molecular formula is C18H13Cl2NO4.